The van der Waals surface area contributed by atoms with Gasteiger partial charge in [-0.3, -0.25) is 4.79 Å². The monoisotopic (exact) mass is 323 g/mol. The third kappa shape index (κ3) is 2.96. The maximum Gasteiger partial charge on any atom is 0.252 e. The molecule has 1 aliphatic heterocycles. The number of carbonyl (C=O) groups is 1. The third-order valence-corrected chi connectivity index (χ3v) is 4.74. The lowest BCUT2D eigenvalue weighted by Gasteiger charge is -2.21. The molecule has 2 heterocycles. The molecule has 4 N–H and O–H groups in total. The van der Waals surface area contributed by atoms with Gasteiger partial charge in [-0.1, -0.05) is 20.3 Å². The van der Waals surface area contributed by atoms with Crippen LogP contribution in [0.4, 0.5) is 11.4 Å². The number of aromatic nitrogens is 1. The van der Waals surface area contributed by atoms with Gasteiger partial charge >= 0.3 is 0 Å². The van der Waals surface area contributed by atoms with Crippen LogP contribution in [-0.2, 0) is 24.1 Å². The maximum atomic E-state index is 12.5. The fourth-order valence-electron chi connectivity index (χ4n) is 3.37. The Bertz CT molecular complexity index is 814. The smallest absolute Gasteiger partial charge is 0.252 e. The minimum absolute atomic E-state index is 0.0190. The summed E-state index contributed by atoms with van der Waals surface area (Å²) in [6, 6.07) is 7.83. The van der Waals surface area contributed by atoms with Crippen LogP contribution in [0.5, 0.6) is 0 Å². The lowest BCUT2D eigenvalue weighted by atomic mass is 9.93. The van der Waals surface area contributed by atoms with Gasteiger partial charge in [0.1, 0.15) is 0 Å². The van der Waals surface area contributed by atoms with Crippen molar-refractivity contribution >= 4 is 22.9 Å². The highest BCUT2D eigenvalue weighted by molar-refractivity contribution is 6.11. The number of amides is 1. The zero-order valence-corrected chi connectivity index (χ0v) is 14.6. The summed E-state index contributed by atoms with van der Waals surface area (Å²) >= 11 is 0. The van der Waals surface area contributed by atoms with E-state index in [4.69, 9.17) is 5.73 Å². The molecule has 4 nitrogen and oxygen atoms in total. The van der Waals surface area contributed by atoms with Crippen molar-refractivity contribution in [2.45, 2.75) is 46.5 Å². The maximum absolute atomic E-state index is 12.5. The zero-order chi connectivity index (χ0) is 17.3. The molecule has 126 valence electrons. The summed E-state index contributed by atoms with van der Waals surface area (Å²) in [7, 11) is 0. The van der Waals surface area contributed by atoms with Crippen molar-refractivity contribution in [2.75, 3.05) is 11.1 Å². The molecule has 0 atom stereocenters. The van der Waals surface area contributed by atoms with Crippen molar-refractivity contribution in [3.05, 3.63) is 52.4 Å². The highest BCUT2D eigenvalue weighted by Crippen LogP contribution is 2.31. The number of aromatic amines is 1. The summed E-state index contributed by atoms with van der Waals surface area (Å²) in [6.45, 7) is 6.37. The van der Waals surface area contributed by atoms with Crippen LogP contribution >= 0.6 is 0 Å². The largest absolute Gasteiger partial charge is 0.399 e. The number of fused-ring (bicyclic) bond motifs is 1. The molecule has 0 unspecified atom stereocenters. The summed E-state index contributed by atoms with van der Waals surface area (Å²) in [5.74, 6) is -0.0190. The second kappa shape index (κ2) is 6.56. The lowest BCUT2D eigenvalue weighted by molar-refractivity contribution is -0.113. The number of anilines is 2. The normalized spacial score (nSPS) is 15.9. The van der Waals surface area contributed by atoms with Crippen molar-refractivity contribution in [3.8, 4) is 0 Å². The van der Waals surface area contributed by atoms with E-state index in [0.717, 1.165) is 53.0 Å². The van der Waals surface area contributed by atoms with Gasteiger partial charge in [0.05, 0.1) is 0 Å². The first-order valence-corrected chi connectivity index (χ1v) is 8.64. The quantitative estimate of drug-likeness (QED) is 0.586. The number of H-pyrrole nitrogens is 1. The number of benzene rings is 1. The van der Waals surface area contributed by atoms with E-state index in [1.807, 2.05) is 25.1 Å². The number of aryl methyl sites for hydroxylation is 2. The molecule has 0 bridgehead atoms. The van der Waals surface area contributed by atoms with Crippen LogP contribution < -0.4 is 11.1 Å². The van der Waals surface area contributed by atoms with Crippen LogP contribution in [-0.4, -0.2) is 10.9 Å². The van der Waals surface area contributed by atoms with E-state index < -0.39 is 0 Å². The number of carbonyl (C=O) groups excluding carboxylic acids is 1. The van der Waals surface area contributed by atoms with E-state index >= 15 is 0 Å². The molecule has 1 aromatic heterocycles. The molecule has 2 aromatic rings. The topological polar surface area (TPSA) is 70.9 Å². The SMILES string of the molecule is CCCc1cc(/C(C)=C2/Cc3cc(N)ccc3NC2=O)[nH]c1CC. The summed E-state index contributed by atoms with van der Waals surface area (Å²) in [6.07, 6.45) is 3.77. The summed E-state index contributed by atoms with van der Waals surface area (Å²) in [5.41, 5.74) is 14.0. The summed E-state index contributed by atoms with van der Waals surface area (Å²) in [4.78, 5) is 16.0. The standard InChI is InChI=1S/C20H25N3O/c1-4-6-13-11-19(22-17(13)5-2)12(3)16-10-14-9-15(21)7-8-18(14)23-20(16)24/h7-9,11,22H,4-6,10,21H2,1-3H3,(H,23,24)/b16-12-. The number of nitrogens with two attached hydrogens (primary N) is 1. The molecule has 3 rings (SSSR count). The molecular formula is C20H25N3O. The van der Waals surface area contributed by atoms with Gasteiger partial charge in [-0.15, -0.1) is 0 Å². The number of hydrogen-bond donors (Lipinski definition) is 3. The highest BCUT2D eigenvalue weighted by atomic mass is 16.1. The average Bonchev–Trinajstić information content (AvgIpc) is 2.97. The van der Waals surface area contributed by atoms with Crippen LogP contribution in [0.1, 0.15) is 49.7 Å². The van der Waals surface area contributed by atoms with Gasteiger partial charge in [-0.05, 0) is 60.7 Å². The van der Waals surface area contributed by atoms with E-state index in [2.05, 4.69) is 30.2 Å². The number of nitrogen functional groups attached to an aromatic ring is 1. The molecule has 1 aromatic carbocycles. The Balaban J connectivity index is 2.01. The number of rotatable bonds is 4. The Kier molecular flexibility index (Phi) is 4.47. The van der Waals surface area contributed by atoms with Crippen LogP contribution in [0, 0.1) is 0 Å². The Morgan fingerprint density at radius 3 is 2.75 bits per heavy atom. The fourth-order valence-corrected chi connectivity index (χ4v) is 3.37. The number of nitrogens with one attached hydrogen (secondary N) is 2. The van der Waals surface area contributed by atoms with E-state index in [1.54, 1.807) is 0 Å². The van der Waals surface area contributed by atoms with Crippen molar-refractivity contribution < 1.29 is 4.79 Å². The Hall–Kier alpha value is -2.49. The second-order valence-electron chi connectivity index (χ2n) is 6.44. The van der Waals surface area contributed by atoms with Gasteiger partial charge in [0.2, 0.25) is 0 Å². The van der Waals surface area contributed by atoms with Gasteiger partial charge in [0, 0.05) is 34.8 Å². The van der Waals surface area contributed by atoms with Gasteiger partial charge in [0.25, 0.3) is 5.91 Å². The molecule has 0 aliphatic carbocycles. The highest BCUT2D eigenvalue weighted by Gasteiger charge is 2.23. The molecule has 0 radical (unpaired) electrons. The second-order valence-corrected chi connectivity index (χ2v) is 6.44. The van der Waals surface area contributed by atoms with Crippen molar-refractivity contribution in [3.63, 3.8) is 0 Å². The lowest BCUT2D eigenvalue weighted by Crippen LogP contribution is -2.23. The summed E-state index contributed by atoms with van der Waals surface area (Å²) < 4.78 is 0. The number of hydrogen-bond acceptors (Lipinski definition) is 2. The Morgan fingerprint density at radius 1 is 1.25 bits per heavy atom. The Labute approximate surface area is 143 Å². The van der Waals surface area contributed by atoms with E-state index in [9.17, 15) is 4.79 Å². The van der Waals surface area contributed by atoms with Gasteiger partial charge < -0.3 is 16.0 Å². The van der Waals surface area contributed by atoms with Gasteiger partial charge in [-0.2, -0.15) is 0 Å². The molecule has 0 fully saturated rings. The first kappa shape index (κ1) is 16.4. The number of allylic oxidation sites excluding steroid dienone is 1. The van der Waals surface area contributed by atoms with E-state index in [1.165, 1.54) is 11.3 Å². The van der Waals surface area contributed by atoms with Gasteiger partial charge in [0.15, 0.2) is 0 Å². The first-order chi connectivity index (χ1) is 11.5. The van der Waals surface area contributed by atoms with Crippen LogP contribution in [0.25, 0.3) is 5.57 Å². The van der Waals surface area contributed by atoms with Crippen molar-refractivity contribution in [2.24, 2.45) is 0 Å². The Morgan fingerprint density at radius 2 is 2.04 bits per heavy atom. The average molecular weight is 323 g/mol. The van der Waals surface area contributed by atoms with E-state index in [0.29, 0.717) is 6.42 Å². The molecule has 4 heteroatoms. The predicted octanol–water partition coefficient (Wildman–Crippen LogP) is 4.08. The summed E-state index contributed by atoms with van der Waals surface area (Å²) in [5, 5.41) is 2.98. The predicted molar refractivity (Wildman–Crippen MR) is 99.9 cm³/mol. The van der Waals surface area contributed by atoms with E-state index in [-0.39, 0.29) is 5.91 Å². The van der Waals surface area contributed by atoms with Crippen molar-refractivity contribution in [1.82, 2.24) is 4.98 Å². The molecule has 1 aliphatic rings. The van der Waals surface area contributed by atoms with Crippen LogP contribution in [0.3, 0.4) is 0 Å². The fraction of sp³-hybridized carbons (Fsp3) is 0.350. The molecule has 24 heavy (non-hydrogen) atoms. The zero-order valence-electron chi connectivity index (χ0n) is 14.6. The van der Waals surface area contributed by atoms with Crippen LogP contribution in [0.15, 0.2) is 29.8 Å². The minimum atomic E-state index is -0.0190. The minimum Gasteiger partial charge on any atom is -0.399 e. The molecule has 0 saturated carbocycles. The molecule has 0 saturated heterocycles. The van der Waals surface area contributed by atoms with Crippen molar-refractivity contribution in [1.29, 1.82) is 0 Å². The molecular weight excluding hydrogens is 298 g/mol. The third-order valence-electron chi connectivity index (χ3n) is 4.74. The molecule has 0 spiro atoms. The van der Waals surface area contributed by atoms with Crippen LogP contribution in [0.2, 0.25) is 0 Å². The van der Waals surface area contributed by atoms with Gasteiger partial charge in [-0.25, -0.2) is 0 Å². The first-order valence-electron chi connectivity index (χ1n) is 8.64. The molecule has 1 amide bonds.